The molecule has 0 bridgehead atoms. The van der Waals surface area contributed by atoms with Crippen molar-refractivity contribution in [3.63, 3.8) is 0 Å². The number of anilines is 1. The fourth-order valence-corrected chi connectivity index (χ4v) is 2.20. The van der Waals surface area contributed by atoms with Gasteiger partial charge in [-0.25, -0.2) is 13.8 Å². The quantitative estimate of drug-likeness (QED) is 0.755. The Hall–Kier alpha value is -2.28. The van der Waals surface area contributed by atoms with Crippen LogP contribution in [0.25, 0.3) is 16.9 Å². The van der Waals surface area contributed by atoms with Crippen LogP contribution in [0.15, 0.2) is 24.5 Å². The van der Waals surface area contributed by atoms with Crippen molar-refractivity contribution < 1.29 is 8.78 Å². The fourth-order valence-electron chi connectivity index (χ4n) is 2.03. The Morgan fingerprint density at radius 2 is 1.90 bits per heavy atom. The molecule has 0 unspecified atom stereocenters. The van der Waals surface area contributed by atoms with Crippen molar-refractivity contribution >= 4 is 28.6 Å². The van der Waals surface area contributed by atoms with Gasteiger partial charge in [0.05, 0.1) is 5.69 Å². The number of rotatable bonds is 3. The van der Waals surface area contributed by atoms with Crippen LogP contribution in [0, 0.1) is 11.6 Å². The van der Waals surface area contributed by atoms with Crippen molar-refractivity contribution in [1.29, 1.82) is 0 Å². The molecular weight excluding hydrogens is 300 g/mol. The normalized spacial score (nSPS) is 11.0. The van der Waals surface area contributed by atoms with Gasteiger partial charge in [0.25, 0.3) is 0 Å². The highest BCUT2D eigenvalue weighted by Crippen LogP contribution is 2.24. The summed E-state index contributed by atoms with van der Waals surface area (Å²) in [5.41, 5.74) is 1.12. The molecule has 0 atom stereocenters. The van der Waals surface area contributed by atoms with E-state index in [-0.39, 0.29) is 11.0 Å². The third-order valence-corrected chi connectivity index (χ3v) is 3.01. The highest BCUT2D eigenvalue weighted by molar-refractivity contribution is 6.28. The SMILES string of the molecule is CCNc1nc(Cl)nc2c1ncn2-c1cc(F)cc(F)c1. The maximum absolute atomic E-state index is 13.4. The molecule has 0 fully saturated rings. The van der Waals surface area contributed by atoms with Crippen LogP contribution >= 0.6 is 11.6 Å². The average Bonchev–Trinajstić information content (AvgIpc) is 2.81. The molecule has 108 valence electrons. The van der Waals surface area contributed by atoms with Gasteiger partial charge in [0.2, 0.25) is 5.28 Å². The van der Waals surface area contributed by atoms with E-state index in [2.05, 4.69) is 20.3 Å². The number of imidazole rings is 1. The standard InChI is InChI=1S/C13H10ClF2N5/c1-2-17-11-10-12(20-13(14)19-11)21(6-18-10)9-4-7(15)3-8(16)5-9/h3-6H,2H2,1H3,(H,17,19,20). The van der Waals surface area contributed by atoms with Crippen molar-refractivity contribution in [3.05, 3.63) is 41.4 Å². The topological polar surface area (TPSA) is 55.6 Å². The molecule has 21 heavy (non-hydrogen) atoms. The first-order valence-corrected chi connectivity index (χ1v) is 6.57. The van der Waals surface area contributed by atoms with Crippen molar-refractivity contribution in [2.45, 2.75) is 6.92 Å². The molecule has 5 nitrogen and oxygen atoms in total. The lowest BCUT2D eigenvalue weighted by atomic mass is 10.3. The zero-order valence-corrected chi connectivity index (χ0v) is 11.7. The van der Waals surface area contributed by atoms with E-state index in [0.717, 1.165) is 6.07 Å². The molecule has 2 heterocycles. The van der Waals surface area contributed by atoms with Crippen LogP contribution in [0.3, 0.4) is 0 Å². The molecule has 0 saturated carbocycles. The van der Waals surface area contributed by atoms with Gasteiger partial charge < -0.3 is 5.32 Å². The van der Waals surface area contributed by atoms with E-state index in [1.54, 1.807) is 0 Å². The van der Waals surface area contributed by atoms with E-state index < -0.39 is 11.6 Å². The van der Waals surface area contributed by atoms with Gasteiger partial charge in [-0.2, -0.15) is 9.97 Å². The molecule has 1 N–H and O–H groups in total. The largest absolute Gasteiger partial charge is 0.368 e. The number of aromatic nitrogens is 4. The van der Waals surface area contributed by atoms with Gasteiger partial charge in [-0.05, 0) is 30.7 Å². The fraction of sp³-hybridized carbons (Fsp3) is 0.154. The molecule has 0 aliphatic carbocycles. The third-order valence-electron chi connectivity index (χ3n) is 2.84. The summed E-state index contributed by atoms with van der Waals surface area (Å²) >= 11 is 5.89. The highest BCUT2D eigenvalue weighted by Gasteiger charge is 2.14. The number of nitrogens with zero attached hydrogens (tertiary/aromatic N) is 4. The van der Waals surface area contributed by atoms with Crippen LogP contribution in [0.4, 0.5) is 14.6 Å². The molecule has 0 amide bonds. The second kappa shape index (κ2) is 5.25. The van der Waals surface area contributed by atoms with Crippen molar-refractivity contribution in [1.82, 2.24) is 19.5 Å². The van der Waals surface area contributed by atoms with E-state index in [1.165, 1.54) is 23.0 Å². The second-order valence-electron chi connectivity index (χ2n) is 4.29. The summed E-state index contributed by atoms with van der Waals surface area (Å²) in [6.07, 6.45) is 1.42. The number of benzene rings is 1. The lowest BCUT2D eigenvalue weighted by Crippen LogP contribution is -2.03. The lowest BCUT2D eigenvalue weighted by molar-refractivity contribution is 0.582. The monoisotopic (exact) mass is 309 g/mol. The van der Waals surface area contributed by atoms with E-state index in [4.69, 9.17) is 11.6 Å². The number of nitrogens with one attached hydrogen (secondary N) is 1. The molecule has 0 spiro atoms. The molecule has 1 aromatic carbocycles. The first-order valence-electron chi connectivity index (χ1n) is 6.19. The Morgan fingerprint density at radius 1 is 1.19 bits per heavy atom. The Morgan fingerprint density at radius 3 is 2.57 bits per heavy atom. The number of hydrogen-bond donors (Lipinski definition) is 1. The van der Waals surface area contributed by atoms with E-state index in [9.17, 15) is 8.78 Å². The van der Waals surface area contributed by atoms with Crippen molar-refractivity contribution in [2.24, 2.45) is 0 Å². The third kappa shape index (κ3) is 2.52. The van der Waals surface area contributed by atoms with E-state index in [0.29, 0.717) is 23.5 Å². The molecule has 0 saturated heterocycles. The van der Waals surface area contributed by atoms with Crippen LogP contribution in [0.2, 0.25) is 5.28 Å². The smallest absolute Gasteiger partial charge is 0.226 e. The molecular formula is C13H10ClF2N5. The van der Waals surface area contributed by atoms with Gasteiger partial charge in [-0.3, -0.25) is 4.57 Å². The Kier molecular flexibility index (Phi) is 3.42. The Bertz CT molecular complexity index is 797. The predicted octanol–water partition coefficient (Wildman–Crippen LogP) is 3.18. The summed E-state index contributed by atoms with van der Waals surface area (Å²) in [5.74, 6) is -0.888. The van der Waals surface area contributed by atoms with Crippen LogP contribution in [0.1, 0.15) is 6.92 Å². The maximum Gasteiger partial charge on any atom is 0.226 e. The minimum Gasteiger partial charge on any atom is -0.368 e. The average molecular weight is 310 g/mol. The molecule has 3 aromatic rings. The van der Waals surface area contributed by atoms with Crippen LogP contribution in [0.5, 0.6) is 0 Å². The Balaban J connectivity index is 2.24. The number of hydrogen-bond acceptors (Lipinski definition) is 4. The Labute approximate surface area is 123 Å². The first kappa shape index (κ1) is 13.7. The summed E-state index contributed by atoms with van der Waals surface area (Å²) < 4.78 is 28.2. The van der Waals surface area contributed by atoms with Crippen LogP contribution in [-0.4, -0.2) is 26.1 Å². The van der Waals surface area contributed by atoms with Crippen molar-refractivity contribution in [3.8, 4) is 5.69 Å². The maximum atomic E-state index is 13.4. The molecule has 0 radical (unpaired) electrons. The van der Waals surface area contributed by atoms with Crippen molar-refractivity contribution in [2.75, 3.05) is 11.9 Å². The molecule has 8 heteroatoms. The summed E-state index contributed by atoms with van der Waals surface area (Å²) in [6.45, 7) is 2.53. The molecule has 2 aromatic heterocycles. The van der Waals surface area contributed by atoms with Gasteiger partial charge >= 0.3 is 0 Å². The van der Waals surface area contributed by atoms with Gasteiger partial charge in [0.15, 0.2) is 17.0 Å². The van der Waals surface area contributed by atoms with Crippen LogP contribution in [-0.2, 0) is 0 Å². The van der Waals surface area contributed by atoms with E-state index >= 15 is 0 Å². The number of halogens is 3. The minimum absolute atomic E-state index is 0.0251. The minimum atomic E-state index is -0.682. The molecule has 0 aliphatic rings. The van der Waals surface area contributed by atoms with Gasteiger partial charge in [-0.1, -0.05) is 0 Å². The van der Waals surface area contributed by atoms with Gasteiger partial charge in [0, 0.05) is 12.6 Å². The highest BCUT2D eigenvalue weighted by atomic mass is 35.5. The lowest BCUT2D eigenvalue weighted by Gasteiger charge is -2.06. The van der Waals surface area contributed by atoms with E-state index in [1.807, 2.05) is 6.92 Å². The zero-order chi connectivity index (χ0) is 15.0. The summed E-state index contributed by atoms with van der Waals surface area (Å²) in [5, 5.41) is 3.04. The van der Waals surface area contributed by atoms with Gasteiger partial charge in [-0.15, -0.1) is 0 Å². The number of fused-ring (bicyclic) bond motifs is 1. The van der Waals surface area contributed by atoms with Gasteiger partial charge in [0.1, 0.15) is 18.0 Å². The summed E-state index contributed by atoms with van der Waals surface area (Å²) in [6, 6.07) is 3.18. The molecule has 3 rings (SSSR count). The zero-order valence-electron chi connectivity index (χ0n) is 10.9. The first-order chi connectivity index (χ1) is 10.1. The predicted molar refractivity (Wildman–Crippen MR) is 75.7 cm³/mol. The van der Waals surface area contributed by atoms with Crippen LogP contribution < -0.4 is 5.32 Å². The summed E-state index contributed by atoms with van der Waals surface area (Å²) in [4.78, 5) is 12.3. The summed E-state index contributed by atoms with van der Waals surface area (Å²) in [7, 11) is 0. The second-order valence-corrected chi connectivity index (χ2v) is 4.62. The molecule has 0 aliphatic heterocycles.